The standard InChI is InChI=1S/C10H16N4O4/c1-3-10(2,9(15)16)14-8(11-12-13-14)7-6-17-4-5-18-7/h7H,3-6H2,1-2H3,(H,15,16). The van der Waals surface area contributed by atoms with Gasteiger partial charge in [-0.25, -0.2) is 9.48 Å². The van der Waals surface area contributed by atoms with Crippen molar-refractivity contribution < 1.29 is 19.4 Å². The van der Waals surface area contributed by atoms with E-state index in [0.29, 0.717) is 32.1 Å². The first kappa shape index (κ1) is 12.9. The summed E-state index contributed by atoms with van der Waals surface area (Å²) in [7, 11) is 0. The summed E-state index contributed by atoms with van der Waals surface area (Å²) in [6, 6.07) is 0. The summed E-state index contributed by atoms with van der Waals surface area (Å²) in [5.41, 5.74) is -1.18. The van der Waals surface area contributed by atoms with Crippen LogP contribution in [0.1, 0.15) is 32.2 Å². The molecule has 1 aromatic heterocycles. The quantitative estimate of drug-likeness (QED) is 0.807. The van der Waals surface area contributed by atoms with E-state index < -0.39 is 17.6 Å². The predicted molar refractivity (Wildman–Crippen MR) is 58.9 cm³/mol. The maximum atomic E-state index is 11.4. The molecule has 2 unspecified atom stereocenters. The van der Waals surface area contributed by atoms with Crippen molar-refractivity contribution >= 4 is 5.97 Å². The van der Waals surface area contributed by atoms with Gasteiger partial charge in [-0.2, -0.15) is 0 Å². The largest absolute Gasteiger partial charge is 0.479 e. The Morgan fingerprint density at radius 3 is 2.94 bits per heavy atom. The smallest absolute Gasteiger partial charge is 0.331 e. The van der Waals surface area contributed by atoms with Crippen LogP contribution in [0.5, 0.6) is 0 Å². The van der Waals surface area contributed by atoms with Crippen LogP contribution in [0.25, 0.3) is 0 Å². The first-order valence-electron chi connectivity index (χ1n) is 5.81. The van der Waals surface area contributed by atoms with Crippen molar-refractivity contribution in [2.75, 3.05) is 19.8 Å². The van der Waals surface area contributed by atoms with Gasteiger partial charge in [-0.3, -0.25) is 0 Å². The van der Waals surface area contributed by atoms with Gasteiger partial charge in [0.1, 0.15) is 6.10 Å². The molecule has 100 valence electrons. The van der Waals surface area contributed by atoms with Gasteiger partial charge in [0.25, 0.3) is 0 Å². The summed E-state index contributed by atoms with van der Waals surface area (Å²) in [5, 5.41) is 20.6. The van der Waals surface area contributed by atoms with Crippen LogP contribution in [0.3, 0.4) is 0 Å². The van der Waals surface area contributed by atoms with Crippen molar-refractivity contribution in [1.82, 2.24) is 20.2 Å². The van der Waals surface area contributed by atoms with Crippen molar-refractivity contribution in [1.29, 1.82) is 0 Å². The van der Waals surface area contributed by atoms with Crippen LogP contribution in [-0.2, 0) is 19.8 Å². The van der Waals surface area contributed by atoms with Crippen LogP contribution in [0.4, 0.5) is 0 Å². The Kier molecular flexibility index (Phi) is 3.58. The van der Waals surface area contributed by atoms with Gasteiger partial charge in [0.15, 0.2) is 11.4 Å². The summed E-state index contributed by atoms with van der Waals surface area (Å²) in [6.45, 7) is 4.67. The average molecular weight is 256 g/mol. The average Bonchev–Trinajstić information content (AvgIpc) is 2.88. The van der Waals surface area contributed by atoms with Gasteiger partial charge < -0.3 is 14.6 Å². The second-order valence-corrected chi connectivity index (χ2v) is 4.32. The zero-order chi connectivity index (χ0) is 13.2. The van der Waals surface area contributed by atoms with Gasteiger partial charge in [0, 0.05) is 0 Å². The van der Waals surface area contributed by atoms with E-state index in [1.807, 2.05) is 0 Å². The number of hydrogen-bond donors (Lipinski definition) is 1. The molecule has 0 radical (unpaired) electrons. The maximum Gasteiger partial charge on any atom is 0.331 e. The van der Waals surface area contributed by atoms with Crippen LogP contribution in [0, 0.1) is 0 Å². The Morgan fingerprint density at radius 2 is 2.39 bits per heavy atom. The molecule has 1 aliphatic rings. The zero-order valence-corrected chi connectivity index (χ0v) is 10.4. The fraction of sp³-hybridized carbons (Fsp3) is 0.800. The molecule has 0 bridgehead atoms. The lowest BCUT2D eigenvalue weighted by molar-refractivity contribution is -0.148. The number of aromatic nitrogens is 4. The molecule has 0 saturated carbocycles. The molecule has 2 rings (SSSR count). The van der Waals surface area contributed by atoms with Gasteiger partial charge in [-0.05, 0) is 23.8 Å². The minimum atomic E-state index is -1.18. The molecule has 2 atom stereocenters. The number of hydrogen-bond acceptors (Lipinski definition) is 6. The highest BCUT2D eigenvalue weighted by Gasteiger charge is 2.39. The fourth-order valence-corrected chi connectivity index (χ4v) is 1.77. The van der Waals surface area contributed by atoms with Crippen LogP contribution >= 0.6 is 0 Å². The molecule has 1 N–H and O–H groups in total. The first-order valence-corrected chi connectivity index (χ1v) is 5.81. The van der Waals surface area contributed by atoms with Gasteiger partial charge in [-0.1, -0.05) is 6.92 Å². The van der Waals surface area contributed by atoms with Crippen LogP contribution < -0.4 is 0 Å². The van der Waals surface area contributed by atoms with Gasteiger partial charge in [0.05, 0.1) is 19.8 Å². The number of tetrazole rings is 1. The zero-order valence-electron chi connectivity index (χ0n) is 10.4. The van der Waals surface area contributed by atoms with Crippen molar-refractivity contribution in [3.05, 3.63) is 5.82 Å². The van der Waals surface area contributed by atoms with E-state index in [2.05, 4.69) is 15.5 Å². The lowest BCUT2D eigenvalue weighted by atomic mass is 9.99. The van der Waals surface area contributed by atoms with Crippen LogP contribution in [-0.4, -0.2) is 51.1 Å². The van der Waals surface area contributed by atoms with Crippen molar-refractivity contribution in [2.24, 2.45) is 0 Å². The first-order chi connectivity index (χ1) is 8.59. The van der Waals surface area contributed by atoms with E-state index in [4.69, 9.17) is 9.47 Å². The Morgan fingerprint density at radius 1 is 1.61 bits per heavy atom. The third-order valence-electron chi connectivity index (χ3n) is 3.21. The van der Waals surface area contributed by atoms with E-state index in [1.165, 1.54) is 4.68 Å². The normalized spacial score (nSPS) is 23.6. The van der Waals surface area contributed by atoms with Gasteiger partial charge in [0.2, 0.25) is 0 Å². The number of aliphatic carboxylic acids is 1. The monoisotopic (exact) mass is 256 g/mol. The van der Waals surface area contributed by atoms with Crippen molar-refractivity contribution in [3.63, 3.8) is 0 Å². The van der Waals surface area contributed by atoms with Crippen molar-refractivity contribution in [3.8, 4) is 0 Å². The maximum absolute atomic E-state index is 11.4. The lowest BCUT2D eigenvalue weighted by Gasteiger charge is -2.28. The van der Waals surface area contributed by atoms with E-state index in [-0.39, 0.29) is 0 Å². The highest BCUT2D eigenvalue weighted by Crippen LogP contribution is 2.26. The van der Waals surface area contributed by atoms with E-state index >= 15 is 0 Å². The molecule has 2 heterocycles. The molecule has 0 aliphatic carbocycles. The molecule has 1 aliphatic heterocycles. The molecule has 1 saturated heterocycles. The predicted octanol–water partition coefficient (Wildman–Crippen LogP) is -0.0292. The Balaban J connectivity index is 2.34. The van der Waals surface area contributed by atoms with Gasteiger partial charge >= 0.3 is 5.97 Å². The molecule has 1 fully saturated rings. The number of ether oxygens (including phenoxy) is 2. The van der Waals surface area contributed by atoms with Gasteiger partial charge in [-0.15, -0.1) is 5.10 Å². The number of rotatable bonds is 4. The third-order valence-corrected chi connectivity index (χ3v) is 3.21. The topological polar surface area (TPSA) is 99.4 Å². The van der Waals surface area contributed by atoms with E-state index in [0.717, 1.165) is 0 Å². The third kappa shape index (κ3) is 2.08. The van der Waals surface area contributed by atoms with E-state index in [9.17, 15) is 9.90 Å². The summed E-state index contributed by atoms with van der Waals surface area (Å²) >= 11 is 0. The number of nitrogens with zero attached hydrogens (tertiary/aromatic N) is 4. The molecule has 0 aromatic carbocycles. The fourth-order valence-electron chi connectivity index (χ4n) is 1.77. The number of carboxylic acid groups (broad SMARTS) is 1. The lowest BCUT2D eigenvalue weighted by Crippen LogP contribution is -2.41. The minimum absolute atomic E-state index is 0.333. The second kappa shape index (κ2) is 4.99. The number of carbonyl (C=O) groups is 1. The SMILES string of the molecule is CCC(C)(C(=O)O)n1nnnc1C1COCCO1. The molecule has 1 aromatic rings. The highest BCUT2D eigenvalue weighted by molar-refractivity contribution is 5.76. The highest BCUT2D eigenvalue weighted by atomic mass is 16.6. The Bertz CT molecular complexity index is 429. The summed E-state index contributed by atoms with van der Waals surface area (Å²) in [4.78, 5) is 11.4. The summed E-state index contributed by atoms with van der Waals surface area (Å²) in [5.74, 6) is -0.586. The number of carboxylic acids is 1. The van der Waals surface area contributed by atoms with Crippen molar-refractivity contribution in [2.45, 2.75) is 31.9 Å². The summed E-state index contributed by atoms with van der Waals surface area (Å²) in [6.07, 6.45) is -0.0486. The molecular formula is C10H16N4O4. The second-order valence-electron chi connectivity index (χ2n) is 4.32. The summed E-state index contributed by atoms with van der Waals surface area (Å²) < 4.78 is 12.1. The molecule has 8 nitrogen and oxygen atoms in total. The molecule has 0 amide bonds. The minimum Gasteiger partial charge on any atom is -0.479 e. The van der Waals surface area contributed by atoms with E-state index in [1.54, 1.807) is 13.8 Å². The van der Waals surface area contributed by atoms with Crippen LogP contribution in [0.2, 0.25) is 0 Å². The Labute approximate surface area is 104 Å². The molecule has 0 spiro atoms. The Hall–Kier alpha value is -1.54. The molecular weight excluding hydrogens is 240 g/mol. The molecule has 18 heavy (non-hydrogen) atoms. The molecule has 8 heteroatoms. The van der Waals surface area contributed by atoms with Crippen LogP contribution in [0.15, 0.2) is 0 Å².